The third-order valence-electron chi connectivity index (χ3n) is 3.45. The minimum atomic E-state index is 0.804. The molecule has 0 atom stereocenters. The second-order valence-electron chi connectivity index (χ2n) is 4.59. The minimum Gasteiger partial charge on any atom is -0.469 e. The summed E-state index contributed by atoms with van der Waals surface area (Å²) in [5.41, 5.74) is 4.64. The van der Waals surface area contributed by atoms with Crippen molar-refractivity contribution >= 4 is 0 Å². The van der Waals surface area contributed by atoms with Crippen LogP contribution in [0.25, 0.3) is 11.4 Å². The molecule has 1 aliphatic heterocycles. The van der Waals surface area contributed by atoms with Crippen molar-refractivity contribution in [1.29, 1.82) is 0 Å². The topological polar surface area (TPSA) is 51.0 Å². The number of aromatic nitrogens is 2. The maximum absolute atomic E-state index is 5.34. The Kier molecular flexibility index (Phi) is 2.88. The Bertz CT molecular complexity index is 557. The summed E-state index contributed by atoms with van der Waals surface area (Å²) in [5.74, 6) is 1.68. The van der Waals surface area contributed by atoms with Gasteiger partial charge in [-0.1, -0.05) is 6.92 Å². The SMILES string of the molecule is CCc1nc(-c2ccoc2C)nc2c1CNCC2. The molecule has 0 fully saturated rings. The molecule has 0 radical (unpaired) electrons. The Morgan fingerprint density at radius 3 is 3.00 bits per heavy atom. The van der Waals surface area contributed by atoms with Gasteiger partial charge in [0.1, 0.15) is 5.76 Å². The fourth-order valence-corrected chi connectivity index (χ4v) is 2.44. The van der Waals surface area contributed by atoms with E-state index < -0.39 is 0 Å². The highest BCUT2D eigenvalue weighted by molar-refractivity contribution is 5.58. The first-order valence-corrected chi connectivity index (χ1v) is 6.43. The van der Waals surface area contributed by atoms with E-state index in [1.807, 2.05) is 13.0 Å². The molecule has 1 N–H and O–H groups in total. The molecule has 0 saturated heterocycles. The van der Waals surface area contributed by atoms with Crippen LogP contribution in [-0.4, -0.2) is 16.5 Å². The normalized spacial score (nSPS) is 14.6. The molecule has 4 nitrogen and oxygen atoms in total. The molecule has 18 heavy (non-hydrogen) atoms. The van der Waals surface area contributed by atoms with Crippen LogP contribution >= 0.6 is 0 Å². The van der Waals surface area contributed by atoms with E-state index in [1.165, 1.54) is 11.3 Å². The molecule has 0 saturated carbocycles. The summed E-state index contributed by atoms with van der Waals surface area (Å²) in [5, 5.41) is 3.38. The van der Waals surface area contributed by atoms with E-state index in [0.29, 0.717) is 0 Å². The number of nitrogens with zero attached hydrogens (tertiary/aromatic N) is 2. The molecule has 0 aliphatic carbocycles. The third kappa shape index (κ3) is 1.82. The van der Waals surface area contributed by atoms with Crippen LogP contribution in [0.5, 0.6) is 0 Å². The lowest BCUT2D eigenvalue weighted by atomic mass is 10.0. The first kappa shape index (κ1) is 11.4. The van der Waals surface area contributed by atoms with Crippen LogP contribution in [0.4, 0.5) is 0 Å². The third-order valence-corrected chi connectivity index (χ3v) is 3.45. The van der Waals surface area contributed by atoms with Gasteiger partial charge in [-0.15, -0.1) is 0 Å². The predicted octanol–water partition coefficient (Wildman–Crippen LogP) is 2.25. The Hall–Kier alpha value is -1.68. The van der Waals surface area contributed by atoms with E-state index in [9.17, 15) is 0 Å². The lowest BCUT2D eigenvalue weighted by molar-refractivity contribution is 0.535. The van der Waals surface area contributed by atoms with Gasteiger partial charge in [0, 0.05) is 30.8 Å². The molecule has 3 rings (SSSR count). The number of rotatable bonds is 2. The Morgan fingerprint density at radius 2 is 2.28 bits per heavy atom. The zero-order valence-electron chi connectivity index (χ0n) is 10.8. The van der Waals surface area contributed by atoms with E-state index >= 15 is 0 Å². The number of hydrogen-bond acceptors (Lipinski definition) is 4. The number of hydrogen-bond donors (Lipinski definition) is 1. The van der Waals surface area contributed by atoms with E-state index in [0.717, 1.165) is 48.8 Å². The van der Waals surface area contributed by atoms with Crippen LogP contribution in [0.1, 0.15) is 29.6 Å². The maximum atomic E-state index is 5.34. The molecule has 0 aromatic carbocycles. The van der Waals surface area contributed by atoms with Gasteiger partial charge < -0.3 is 9.73 Å². The summed E-state index contributed by atoms with van der Waals surface area (Å²) in [4.78, 5) is 9.41. The summed E-state index contributed by atoms with van der Waals surface area (Å²) in [6, 6.07) is 1.94. The number of aryl methyl sites for hydroxylation is 2. The average Bonchev–Trinajstić information content (AvgIpc) is 2.83. The summed E-state index contributed by atoms with van der Waals surface area (Å²) in [6.07, 6.45) is 3.62. The van der Waals surface area contributed by atoms with Crippen molar-refractivity contribution < 1.29 is 4.42 Å². The number of fused-ring (bicyclic) bond motifs is 1. The molecule has 94 valence electrons. The second-order valence-corrected chi connectivity index (χ2v) is 4.59. The van der Waals surface area contributed by atoms with Crippen LogP contribution in [0.15, 0.2) is 16.7 Å². The van der Waals surface area contributed by atoms with Crippen molar-refractivity contribution in [3.05, 3.63) is 35.0 Å². The molecular formula is C14H17N3O. The van der Waals surface area contributed by atoms with Crippen molar-refractivity contribution in [2.75, 3.05) is 6.54 Å². The van der Waals surface area contributed by atoms with Gasteiger partial charge in [0.2, 0.25) is 0 Å². The van der Waals surface area contributed by atoms with Gasteiger partial charge in [-0.3, -0.25) is 0 Å². The highest BCUT2D eigenvalue weighted by Gasteiger charge is 2.18. The van der Waals surface area contributed by atoms with Crippen molar-refractivity contribution in [1.82, 2.24) is 15.3 Å². The Morgan fingerprint density at radius 1 is 1.39 bits per heavy atom. The van der Waals surface area contributed by atoms with Crippen molar-refractivity contribution in [3.63, 3.8) is 0 Å². The lowest BCUT2D eigenvalue weighted by Gasteiger charge is -2.19. The summed E-state index contributed by atoms with van der Waals surface area (Å²) in [6.45, 7) is 5.98. The fraction of sp³-hybridized carbons (Fsp3) is 0.429. The summed E-state index contributed by atoms with van der Waals surface area (Å²) < 4.78 is 5.34. The van der Waals surface area contributed by atoms with Gasteiger partial charge in [-0.2, -0.15) is 0 Å². The van der Waals surface area contributed by atoms with Gasteiger partial charge in [-0.05, 0) is 19.4 Å². The predicted molar refractivity (Wildman–Crippen MR) is 69.3 cm³/mol. The van der Waals surface area contributed by atoms with Crippen molar-refractivity contribution in [2.24, 2.45) is 0 Å². The van der Waals surface area contributed by atoms with Crippen LogP contribution in [0, 0.1) is 6.92 Å². The second kappa shape index (κ2) is 4.53. The molecular weight excluding hydrogens is 226 g/mol. The molecule has 2 aromatic rings. The van der Waals surface area contributed by atoms with E-state index in [2.05, 4.69) is 12.2 Å². The number of nitrogens with one attached hydrogen (secondary N) is 1. The van der Waals surface area contributed by atoms with Gasteiger partial charge in [0.05, 0.1) is 17.5 Å². The standard InChI is InChI=1S/C14H17N3O/c1-3-12-11-8-15-6-4-13(11)17-14(16-12)10-5-7-18-9(10)2/h5,7,15H,3-4,6,8H2,1-2H3. The van der Waals surface area contributed by atoms with Crippen LogP contribution < -0.4 is 5.32 Å². The molecule has 2 aromatic heterocycles. The van der Waals surface area contributed by atoms with Gasteiger partial charge in [0.25, 0.3) is 0 Å². The number of furan rings is 1. The summed E-state index contributed by atoms with van der Waals surface area (Å²) >= 11 is 0. The zero-order valence-corrected chi connectivity index (χ0v) is 10.8. The molecule has 0 spiro atoms. The van der Waals surface area contributed by atoms with Gasteiger partial charge >= 0.3 is 0 Å². The smallest absolute Gasteiger partial charge is 0.163 e. The first-order valence-electron chi connectivity index (χ1n) is 6.43. The lowest BCUT2D eigenvalue weighted by Crippen LogP contribution is -2.26. The van der Waals surface area contributed by atoms with Crippen LogP contribution in [0.3, 0.4) is 0 Å². The molecule has 0 bridgehead atoms. The first-order chi connectivity index (χ1) is 8.79. The molecule has 0 amide bonds. The Balaban J connectivity index is 2.14. The minimum absolute atomic E-state index is 0.804. The van der Waals surface area contributed by atoms with E-state index in [-0.39, 0.29) is 0 Å². The van der Waals surface area contributed by atoms with E-state index in [1.54, 1.807) is 6.26 Å². The highest BCUT2D eigenvalue weighted by Crippen LogP contribution is 2.24. The Labute approximate surface area is 106 Å². The molecule has 3 heterocycles. The fourth-order valence-electron chi connectivity index (χ4n) is 2.44. The molecule has 1 aliphatic rings. The van der Waals surface area contributed by atoms with Crippen LogP contribution in [-0.2, 0) is 19.4 Å². The largest absolute Gasteiger partial charge is 0.469 e. The van der Waals surface area contributed by atoms with Crippen molar-refractivity contribution in [3.8, 4) is 11.4 Å². The van der Waals surface area contributed by atoms with Gasteiger partial charge in [0.15, 0.2) is 5.82 Å². The zero-order chi connectivity index (χ0) is 12.5. The van der Waals surface area contributed by atoms with E-state index in [4.69, 9.17) is 14.4 Å². The molecule has 4 heteroatoms. The average molecular weight is 243 g/mol. The van der Waals surface area contributed by atoms with Crippen LogP contribution in [0.2, 0.25) is 0 Å². The maximum Gasteiger partial charge on any atom is 0.163 e. The highest BCUT2D eigenvalue weighted by atomic mass is 16.3. The quantitative estimate of drug-likeness (QED) is 0.879. The van der Waals surface area contributed by atoms with Crippen molar-refractivity contribution in [2.45, 2.75) is 33.2 Å². The monoisotopic (exact) mass is 243 g/mol. The van der Waals surface area contributed by atoms with Gasteiger partial charge in [-0.25, -0.2) is 9.97 Å². The molecule has 0 unspecified atom stereocenters. The summed E-state index contributed by atoms with van der Waals surface area (Å²) in [7, 11) is 0.